The molecule has 0 aliphatic carbocycles. The van der Waals surface area contributed by atoms with Crippen molar-refractivity contribution in [2.75, 3.05) is 0 Å². The number of benzene rings is 2. The van der Waals surface area contributed by atoms with Crippen LogP contribution < -0.4 is 5.32 Å². The van der Waals surface area contributed by atoms with Crippen molar-refractivity contribution in [2.45, 2.75) is 16.3 Å². The van der Waals surface area contributed by atoms with Gasteiger partial charge in [-0.25, -0.2) is 8.42 Å². The summed E-state index contributed by atoms with van der Waals surface area (Å²) in [6.07, 6.45) is 3.41. The largest absolute Gasteiger partial charge is 0.347 e. The summed E-state index contributed by atoms with van der Waals surface area (Å²) in [6.45, 7) is 0.296. The number of aryl methyl sites for hydroxylation is 1. The number of carbonyl (C=O) groups is 1. The van der Waals surface area contributed by atoms with Crippen LogP contribution in [0.3, 0.4) is 0 Å². The highest BCUT2D eigenvalue weighted by Gasteiger charge is 2.17. The molecule has 2 heterocycles. The topological polar surface area (TPSA) is 81.1 Å². The summed E-state index contributed by atoms with van der Waals surface area (Å²) < 4.78 is 27.1. The maximum absolute atomic E-state index is 12.6. The molecule has 0 radical (unpaired) electrons. The maximum atomic E-state index is 12.6. The Morgan fingerprint density at radius 1 is 1.00 bits per heavy atom. The number of aromatic nitrogens is 2. The van der Waals surface area contributed by atoms with Crippen molar-refractivity contribution in [3.05, 3.63) is 90.4 Å². The number of pyridine rings is 1. The first-order valence-corrected chi connectivity index (χ1v) is 10.5. The highest BCUT2D eigenvalue weighted by molar-refractivity contribution is 7.91. The van der Waals surface area contributed by atoms with E-state index in [0.717, 1.165) is 16.5 Å². The summed E-state index contributed by atoms with van der Waals surface area (Å²) >= 11 is 0. The number of carbonyl (C=O) groups excluding carboxylic acids is 1. The van der Waals surface area contributed by atoms with Crippen LogP contribution in [0.1, 0.15) is 16.1 Å². The molecule has 2 aromatic heterocycles. The molecule has 4 aromatic rings. The molecule has 0 saturated heterocycles. The zero-order valence-electron chi connectivity index (χ0n) is 15.7. The highest BCUT2D eigenvalue weighted by Crippen LogP contribution is 2.21. The second-order valence-corrected chi connectivity index (χ2v) is 8.62. The minimum Gasteiger partial charge on any atom is -0.347 e. The average Bonchev–Trinajstić information content (AvgIpc) is 3.10. The van der Waals surface area contributed by atoms with Crippen LogP contribution in [-0.2, 0) is 23.4 Å². The lowest BCUT2D eigenvalue weighted by atomic mass is 10.2. The Bertz CT molecular complexity index is 1280. The lowest BCUT2D eigenvalue weighted by Gasteiger charge is -2.08. The number of nitrogens with zero attached hydrogens (tertiary/aromatic N) is 2. The van der Waals surface area contributed by atoms with Crippen LogP contribution >= 0.6 is 0 Å². The van der Waals surface area contributed by atoms with Crippen molar-refractivity contribution < 1.29 is 13.2 Å². The minimum atomic E-state index is -3.55. The molecular weight excluding hydrogens is 386 g/mol. The Morgan fingerprint density at radius 2 is 1.69 bits per heavy atom. The van der Waals surface area contributed by atoms with Gasteiger partial charge in [0.25, 0.3) is 5.91 Å². The van der Waals surface area contributed by atoms with Crippen LogP contribution in [0.4, 0.5) is 0 Å². The molecule has 0 saturated carbocycles. The highest BCUT2D eigenvalue weighted by atomic mass is 32.2. The van der Waals surface area contributed by atoms with E-state index in [0.29, 0.717) is 12.2 Å². The van der Waals surface area contributed by atoms with Gasteiger partial charge in [-0.1, -0.05) is 30.3 Å². The molecule has 29 heavy (non-hydrogen) atoms. The van der Waals surface area contributed by atoms with E-state index in [1.807, 2.05) is 17.7 Å². The quantitative estimate of drug-likeness (QED) is 0.552. The van der Waals surface area contributed by atoms with Gasteiger partial charge in [-0.2, -0.15) is 0 Å². The molecule has 0 bridgehead atoms. The van der Waals surface area contributed by atoms with Crippen LogP contribution in [0.15, 0.2) is 88.9 Å². The molecule has 0 spiro atoms. The number of hydrogen-bond acceptors (Lipinski definition) is 4. The maximum Gasteiger partial charge on any atom is 0.268 e. The van der Waals surface area contributed by atoms with Gasteiger partial charge in [-0.3, -0.25) is 9.78 Å². The number of sulfone groups is 1. The summed E-state index contributed by atoms with van der Waals surface area (Å²) in [5.41, 5.74) is 2.28. The Hall–Kier alpha value is -3.45. The number of fused-ring (bicyclic) bond motifs is 1. The van der Waals surface area contributed by atoms with Gasteiger partial charge in [0, 0.05) is 31.4 Å². The van der Waals surface area contributed by atoms with Crippen molar-refractivity contribution >= 4 is 26.6 Å². The minimum absolute atomic E-state index is 0.204. The van der Waals surface area contributed by atoms with E-state index in [1.54, 1.807) is 73.1 Å². The fourth-order valence-corrected chi connectivity index (χ4v) is 4.48. The molecular formula is C22H19N3O3S. The summed E-state index contributed by atoms with van der Waals surface area (Å²) in [7, 11) is -1.71. The summed E-state index contributed by atoms with van der Waals surface area (Å²) in [4.78, 5) is 17.1. The van der Waals surface area contributed by atoms with Crippen molar-refractivity contribution in [3.8, 4) is 0 Å². The van der Waals surface area contributed by atoms with E-state index in [2.05, 4.69) is 10.3 Å². The lowest BCUT2D eigenvalue weighted by molar-refractivity contribution is 0.0943. The first-order valence-electron chi connectivity index (χ1n) is 9.03. The van der Waals surface area contributed by atoms with Crippen LogP contribution in [0.5, 0.6) is 0 Å². The normalized spacial score (nSPS) is 11.5. The molecule has 1 amide bonds. The number of hydrogen-bond donors (Lipinski definition) is 1. The summed E-state index contributed by atoms with van der Waals surface area (Å²) in [6, 6.07) is 18.5. The third-order valence-electron chi connectivity index (χ3n) is 4.82. The monoisotopic (exact) mass is 405 g/mol. The van der Waals surface area contributed by atoms with E-state index < -0.39 is 9.84 Å². The van der Waals surface area contributed by atoms with Gasteiger partial charge in [-0.05, 0) is 42.0 Å². The van der Waals surface area contributed by atoms with Gasteiger partial charge in [0.15, 0.2) is 0 Å². The van der Waals surface area contributed by atoms with Gasteiger partial charge in [0.2, 0.25) is 9.84 Å². The molecule has 2 aromatic carbocycles. The van der Waals surface area contributed by atoms with Gasteiger partial charge in [0.1, 0.15) is 5.69 Å². The molecule has 0 atom stereocenters. The predicted octanol–water partition coefficient (Wildman–Crippen LogP) is 3.34. The standard InChI is InChI=1S/C22H19N3O3S/c1-25-20-11-12-23-15-17(20)13-21(25)22(26)24-14-16-7-9-19(10-8-16)29(27,28)18-5-3-2-4-6-18/h2-13,15H,14H2,1H3,(H,24,26). The summed E-state index contributed by atoms with van der Waals surface area (Å²) in [5.74, 6) is -0.204. The van der Waals surface area contributed by atoms with Crippen LogP contribution in [-0.4, -0.2) is 23.9 Å². The van der Waals surface area contributed by atoms with Gasteiger partial charge in [0.05, 0.1) is 15.3 Å². The average molecular weight is 405 g/mol. The Kier molecular flexibility index (Phi) is 4.90. The Morgan fingerprint density at radius 3 is 2.38 bits per heavy atom. The fourth-order valence-electron chi connectivity index (χ4n) is 3.20. The van der Waals surface area contributed by atoms with E-state index in [4.69, 9.17) is 0 Å². The van der Waals surface area contributed by atoms with Gasteiger partial charge < -0.3 is 9.88 Å². The molecule has 146 valence electrons. The molecule has 4 rings (SSSR count). The second kappa shape index (κ2) is 7.52. The summed E-state index contributed by atoms with van der Waals surface area (Å²) in [5, 5.41) is 3.78. The first kappa shape index (κ1) is 18.9. The van der Waals surface area contributed by atoms with Crippen molar-refractivity contribution in [2.24, 2.45) is 7.05 Å². The fraction of sp³-hybridized carbons (Fsp3) is 0.0909. The Labute approximate surface area is 168 Å². The van der Waals surface area contributed by atoms with Gasteiger partial charge >= 0.3 is 0 Å². The molecule has 0 aliphatic rings. The molecule has 7 heteroatoms. The number of nitrogens with one attached hydrogen (secondary N) is 1. The SMILES string of the molecule is Cn1c(C(=O)NCc2ccc(S(=O)(=O)c3ccccc3)cc2)cc2cnccc21. The van der Waals surface area contributed by atoms with Crippen molar-refractivity contribution in [3.63, 3.8) is 0 Å². The molecule has 6 nitrogen and oxygen atoms in total. The first-order chi connectivity index (χ1) is 14.0. The Balaban J connectivity index is 1.48. The smallest absolute Gasteiger partial charge is 0.268 e. The molecule has 0 unspecified atom stereocenters. The zero-order chi connectivity index (χ0) is 20.4. The second-order valence-electron chi connectivity index (χ2n) is 6.67. The zero-order valence-corrected chi connectivity index (χ0v) is 16.6. The molecule has 0 fully saturated rings. The van der Waals surface area contributed by atoms with Crippen LogP contribution in [0.25, 0.3) is 10.9 Å². The van der Waals surface area contributed by atoms with E-state index in [1.165, 1.54) is 0 Å². The molecule has 0 aliphatic heterocycles. The predicted molar refractivity (Wildman–Crippen MR) is 110 cm³/mol. The third-order valence-corrected chi connectivity index (χ3v) is 6.60. The third kappa shape index (κ3) is 3.64. The lowest BCUT2D eigenvalue weighted by Crippen LogP contribution is -2.24. The molecule has 1 N–H and O–H groups in total. The van der Waals surface area contributed by atoms with E-state index >= 15 is 0 Å². The van der Waals surface area contributed by atoms with E-state index in [-0.39, 0.29) is 15.7 Å². The van der Waals surface area contributed by atoms with Gasteiger partial charge in [-0.15, -0.1) is 0 Å². The number of rotatable bonds is 5. The van der Waals surface area contributed by atoms with E-state index in [9.17, 15) is 13.2 Å². The number of amides is 1. The van der Waals surface area contributed by atoms with Crippen molar-refractivity contribution in [1.82, 2.24) is 14.9 Å². The van der Waals surface area contributed by atoms with Crippen LogP contribution in [0, 0.1) is 0 Å². The van der Waals surface area contributed by atoms with Crippen molar-refractivity contribution in [1.29, 1.82) is 0 Å². The van der Waals surface area contributed by atoms with Crippen LogP contribution in [0.2, 0.25) is 0 Å².